The van der Waals surface area contributed by atoms with Crippen LogP contribution >= 0.6 is 12.2 Å². The normalized spacial score (nSPS) is 15.2. The van der Waals surface area contributed by atoms with Gasteiger partial charge in [-0.3, -0.25) is 9.97 Å². The van der Waals surface area contributed by atoms with Crippen LogP contribution in [0.4, 0.5) is 5.82 Å². The molecule has 1 aliphatic heterocycles. The fourth-order valence-corrected chi connectivity index (χ4v) is 3.70. The Bertz CT molecular complexity index is 1380. The lowest BCUT2D eigenvalue weighted by Crippen LogP contribution is -2.17. The van der Waals surface area contributed by atoms with Gasteiger partial charge < -0.3 is 29.2 Å². The molecule has 35 heavy (non-hydrogen) atoms. The number of anilines is 1. The molecule has 1 aromatic carbocycles. The number of benzene rings is 1. The molecule has 5 rings (SSSR count). The Morgan fingerprint density at radius 3 is 2.80 bits per heavy atom. The molecule has 0 aliphatic carbocycles. The molecule has 0 radical (unpaired) electrons. The minimum absolute atomic E-state index is 0.0310. The van der Waals surface area contributed by atoms with Gasteiger partial charge in [-0.05, 0) is 49.3 Å². The largest absolute Gasteiger partial charge is 0.493 e. The Labute approximate surface area is 205 Å². The number of aromatic amines is 1. The number of hydrogen-bond acceptors (Lipinski definition) is 11. The Balaban J connectivity index is 1.52. The minimum atomic E-state index is -0.0310. The summed E-state index contributed by atoms with van der Waals surface area (Å²) in [4.78, 5) is 16.4. The Morgan fingerprint density at radius 1 is 1.20 bits per heavy atom. The molecule has 1 aliphatic rings. The summed E-state index contributed by atoms with van der Waals surface area (Å²) in [6.45, 7) is 1.01. The summed E-state index contributed by atoms with van der Waals surface area (Å²) in [6.07, 6.45) is 3.46. The predicted molar refractivity (Wildman–Crippen MR) is 128 cm³/mol. The summed E-state index contributed by atoms with van der Waals surface area (Å²) in [5, 5.41) is 3.87. The number of rotatable bonds is 8. The first-order valence-electron chi connectivity index (χ1n) is 10.9. The average molecular weight is 495 g/mol. The summed E-state index contributed by atoms with van der Waals surface area (Å²) in [6, 6.07) is 10.7. The van der Waals surface area contributed by atoms with Crippen molar-refractivity contribution < 1.29 is 23.5 Å². The number of ether oxygens (including phenoxy) is 4. The van der Waals surface area contributed by atoms with Gasteiger partial charge in [0.05, 0.1) is 13.2 Å². The highest BCUT2D eigenvalue weighted by atomic mass is 32.1. The number of nitrogens with one attached hydrogen (secondary N) is 1. The fourth-order valence-electron chi connectivity index (χ4n) is 3.57. The zero-order chi connectivity index (χ0) is 24.2. The van der Waals surface area contributed by atoms with Gasteiger partial charge in [0.2, 0.25) is 5.75 Å². The van der Waals surface area contributed by atoms with Gasteiger partial charge in [0.25, 0.3) is 10.7 Å². The number of nitrogen functional groups attached to an aromatic ring is 1. The molecule has 0 spiro atoms. The first kappa shape index (κ1) is 22.7. The van der Waals surface area contributed by atoms with Crippen molar-refractivity contribution in [3.8, 4) is 46.0 Å². The van der Waals surface area contributed by atoms with E-state index in [1.165, 1.54) is 0 Å². The Morgan fingerprint density at radius 2 is 2.06 bits per heavy atom. The zero-order valence-electron chi connectivity index (χ0n) is 18.8. The second kappa shape index (κ2) is 10.1. The monoisotopic (exact) mass is 494 g/mol. The zero-order valence-corrected chi connectivity index (χ0v) is 19.6. The van der Waals surface area contributed by atoms with Crippen LogP contribution in [0.25, 0.3) is 22.9 Å². The summed E-state index contributed by atoms with van der Waals surface area (Å²) in [5.41, 5.74) is 7.48. The molecular weight excluding hydrogens is 472 g/mol. The van der Waals surface area contributed by atoms with Crippen molar-refractivity contribution >= 4 is 18.0 Å². The molecule has 3 aromatic heterocycles. The number of nitrogens with zero attached hydrogens (tertiary/aromatic N) is 4. The van der Waals surface area contributed by atoms with Crippen LogP contribution in [-0.4, -0.2) is 51.5 Å². The molecule has 1 atom stereocenters. The van der Waals surface area contributed by atoms with Crippen LogP contribution in [0, 0.1) is 4.84 Å². The van der Waals surface area contributed by atoms with E-state index in [1.54, 1.807) is 37.6 Å². The molecule has 3 N–H and O–H groups in total. The lowest BCUT2D eigenvalue weighted by atomic mass is 10.2. The molecule has 11 nitrogen and oxygen atoms in total. The van der Waals surface area contributed by atoms with E-state index in [-0.39, 0.29) is 28.4 Å². The molecule has 0 bridgehead atoms. The maximum atomic E-state index is 6.34. The van der Waals surface area contributed by atoms with Crippen molar-refractivity contribution in [1.29, 1.82) is 0 Å². The maximum Gasteiger partial charge on any atom is 0.295 e. The second-order valence-corrected chi connectivity index (χ2v) is 8.01. The van der Waals surface area contributed by atoms with Crippen LogP contribution < -0.4 is 19.9 Å². The number of pyridine rings is 1. The van der Waals surface area contributed by atoms with Crippen molar-refractivity contribution in [3.63, 3.8) is 0 Å². The lowest BCUT2D eigenvalue weighted by Gasteiger charge is -2.17. The van der Waals surface area contributed by atoms with Crippen LogP contribution in [0.5, 0.6) is 23.1 Å². The van der Waals surface area contributed by atoms with E-state index < -0.39 is 0 Å². The molecule has 0 saturated carbocycles. The maximum absolute atomic E-state index is 6.34. The van der Waals surface area contributed by atoms with Gasteiger partial charge >= 0.3 is 0 Å². The average Bonchev–Trinajstić information content (AvgIpc) is 3.56. The van der Waals surface area contributed by atoms with Crippen LogP contribution in [0.1, 0.15) is 12.8 Å². The lowest BCUT2D eigenvalue weighted by molar-refractivity contribution is 0.0654. The molecule has 0 amide bonds. The smallest absolute Gasteiger partial charge is 0.295 e. The number of aromatic nitrogens is 5. The Hall–Kier alpha value is -4.03. The van der Waals surface area contributed by atoms with E-state index in [4.69, 9.17) is 41.4 Å². The van der Waals surface area contributed by atoms with Gasteiger partial charge in [0.15, 0.2) is 29.0 Å². The van der Waals surface area contributed by atoms with Gasteiger partial charge in [-0.25, -0.2) is 4.98 Å². The van der Waals surface area contributed by atoms with Gasteiger partial charge in [0.1, 0.15) is 12.3 Å². The van der Waals surface area contributed by atoms with Crippen molar-refractivity contribution in [2.75, 3.05) is 26.1 Å². The first-order chi connectivity index (χ1) is 17.1. The van der Waals surface area contributed by atoms with Crippen LogP contribution in [0.3, 0.4) is 0 Å². The standard InChI is InChI=1S/C23H22N6O5S/c1-30-16-6-2-3-7-17(16)33-18-19(24)26-20(27-22(18)32-12-14-5-4-10-31-14)13-8-9-25-15(11-13)21-28-23(35)34-29-21/h2-3,6-9,11,14H,4-5,10,12H2,1H3,(H2,24,26,27)(H,28,29,35). The number of methoxy groups -OCH3 is 1. The highest BCUT2D eigenvalue weighted by molar-refractivity contribution is 7.71. The van der Waals surface area contributed by atoms with Crippen molar-refractivity contribution in [3.05, 3.63) is 47.4 Å². The molecule has 180 valence electrons. The predicted octanol–water partition coefficient (Wildman–Crippen LogP) is 4.19. The minimum Gasteiger partial charge on any atom is -0.493 e. The van der Waals surface area contributed by atoms with E-state index in [0.717, 1.165) is 12.8 Å². The summed E-state index contributed by atoms with van der Waals surface area (Å²) >= 11 is 4.95. The van der Waals surface area contributed by atoms with E-state index >= 15 is 0 Å². The number of H-pyrrole nitrogens is 1. The first-order valence-corrected chi connectivity index (χ1v) is 11.3. The molecule has 1 saturated heterocycles. The van der Waals surface area contributed by atoms with E-state index in [1.807, 2.05) is 12.1 Å². The molecule has 4 aromatic rings. The highest BCUT2D eigenvalue weighted by Gasteiger charge is 2.22. The summed E-state index contributed by atoms with van der Waals surface area (Å²) < 4.78 is 28.1. The van der Waals surface area contributed by atoms with E-state index in [2.05, 4.69) is 25.1 Å². The molecule has 12 heteroatoms. The van der Waals surface area contributed by atoms with Crippen molar-refractivity contribution in [1.82, 2.24) is 25.1 Å². The van der Waals surface area contributed by atoms with Gasteiger partial charge in [-0.1, -0.05) is 17.3 Å². The van der Waals surface area contributed by atoms with E-state index in [9.17, 15) is 0 Å². The quantitative estimate of drug-likeness (QED) is 0.340. The number of nitrogens with two attached hydrogens (primary N) is 1. The van der Waals surface area contributed by atoms with Gasteiger partial charge in [-0.15, -0.1) is 0 Å². The highest BCUT2D eigenvalue weighted by Crippen LogP contribution is 2.40. The third-order valence-electron chi connectivity index (χ3n) is 5.27. The third kappa shape index (κ3) is 5.08. The number of para-hydroxylation sites is 2. The van der Waals surface area contributed by atoms with Gasteiger partial charge in [0, 0.05) is 18.4 Å². The fraction of sp³-hybridized carbons (Fsp3) is 0.261. The topological polar surface area (TPSA) is 143 Å². The SMILES string of the molecule is COc1ccccc1Oc1c(N)nc(-c2ccnc(-c3noc(=S)[nH]3)c2)nc1OCC1CCCO1. The van der Waals surface area contributed by atoms with Crippen LogP contribution in [0.15, 0.2) is 47.1 Å². The molecule has 1 unspecified atom stereocenters. The van der Waals surface area contributed by atoms with Gasteiger partial charge in [-0.2, -0.15) is 4.98 Å². The second-order valence-electron chi connectivity index (χ2n) is 7.64. The third-order valence-corrected chi connectivity index (χ3v) is 5.45. The van der Waals surface area contributed by atoms with E-state index in [0.29, 0.717) is 47.6 Å². The molecule has 4 heterocycles. The number of hydrogen-bond donors (Lipinski definition) is 2. The van der Waals surface area contributed by atoms with Crippen molar-refractivity contribution in [2.45, 2.75) is 18.9 Å². The van der Waals surface area contributed by atoms with Crippen LogP contribution in [0.2, 0.25) is 0 Å². The summed E-state index contributed by atoms with van der Waals surface area (Å²) in [5.74, 6) is 2.16. The molecule has 1 fully saturated rings. The van der Waals surface area contributed by atoms with Crippen LogP contribution in [-0.2, 0) is 4.74 Å². The Kier molecular flexibility index (Phi) is 6.55. The van der Waals surface area contributed by atoms with Crippen molar-refractivity contribution in [2.24, 2.45) is 0 Å². The molecular formula is C23H22N6O5S. The summed E-state index contributed by atoms with van der Waals surface area (Å²) in [7, 11) is 1.56.